The fourth-order valence-electron chi connectivity index (χ4n) is 1.91. The second-order valence-electron chi connectivity index (χ2n) is 4.94. The first kappa shape index (κ1) is 16.8. The first-order valence-corrected chi connectivity index (χ1v) is 9.62. The van der Waals surface area contributed by atoms with E-state index in [2.05, 4.69) is 74.7 Å². The van der Waals surface area contributed by atoms with Crippen LogP contribution >= 0.6 is 50.3 Å². The SMILES string of the molecule is Cc1ccc(Sc2oc(C=Nc3cccc(I)c3)cc2Br)cc1. The highest BCUT2D eigenvalue weighted by Gasteiger charge is 2.09. The van der Waals surface area contributed by atoms with Gasteiger partial charge in [-0.2, -0.15) is 0 Å². The minimum Gasteiger partial charge on any atom is -0.447 e. The highest BCUT2D eigenvalue weighted by molar-refractivity contribution is 14.1. The standard InChI is InChI=1S/C18H13BrINOS/c1-12-5-7-16(8-6-12)23-18-17(19)10-15(22-18)11-21-14-4-2-3-13(20)9-14/h2-11H,1H3. The molecule has 0 spiro atoms. The van der Waals surface area contributed by atoms with Crippen LogP contribution in [0, 0.1) is 10.5 Å². The van der Waals surface area contributed by atoms with Gasteiger partial charge in [-0.25, -0.2) is 0 Å². The van der Waals surface area contributed by atoms with Crippen LogP contribution in [0.25, 0.3) is 0 Å². The van der Waals surface area contributed by atoms with Gasteiger partial charge in [0.25, 0.3) is 0 Å². The largest absolute Gasteiger partial charge is 0.447 e. The molecule has 0 aliphatic heterocycles. The lowest BCUT2D eigenvalue weighted by Crippen LogP contribution is -1.75. The molecule has 23 heavy (non-hydrogen) atoms. The van der Waals surface area contributed by atoms with Gasteiger partial charge in [-0.05, 0) is 75.8 Å². The third kappa shape index (κ3) is 4.71. The van der Waals surface area contributed by atoms with Gasteiger partial charge in [0.05, 0.1) is 16.4 Å². The molecular formula is C18H13BrINOS. The summed E-state index contributed by atoms with van der Waals surface area (Å²) in [7, 11) is 0. The molecule has 0 bridgehead atoms. The summed E-state index contributed by atoms with van der Waals surface area (Å²) in [5.74, 6) is 0.727. The predicted molar refractivity (Wildman–Crippen MR) is 108 cm³/mol. The van der Waals surface area contributed by atoms with Crippen LogP contribution in [0.5, 0.6) is 0 Å². The van der Waals surface area contributed by atoms with E-state index in [0.29, 0.717) is 0 Å². The van der Waals surface area contributed by atoms with Crippen LogP contribution in [0.2, 0.25) is 0 Å². The van der Waals surface area contributed by atoms with Crippen molar-refractivity contribution in [2.75, 3.05) is 0 Å². The minimum atomic E-state index is 0.727. The molecule has 0 unspecified atom stereocenters. The Hall–Kier alpha value is -1.05. The third-order valence-electron chi connectivity index (χ3n) is 3.06. The molecule has 0 saturated carbocycles. The maximum Gasteiger partial charge on any atom is 0.179 e. The van der Waals surface area contributed by atoms with Gasteiger partial charge in [0.15, 0.2) is 5.09 Å². The Morgan fingerprint density at radius 2 is 1.91 bits per heavy atom. The van der Waals surface area contributed by atoms with Crippen LogP contribution in [0.4, 0.5) is 5.69 Å². The Kier molecular flexibility index (Phi) is 5.61. The van der Waals surface area contributed by atoms with Crippen molar-refractivity contribution < 1.29 is 4.42 Å². The van der Waals surface area contributed by atoms with Crippen molar-refractivity contribution >= 4 is 62.2 Å². The summed E-state index contributed by atoms with van der Waals surface area (Å²) in [4.78, 5) is 5.60. The molecule has 0 amide bonds. The van der Waals surface area contributed by atoms with Crippen LogP contribution < -0.4 is 0 Å². The number of benzene rings is 2. The average molecular weight is 498 g/mol. The molecule has 0 N–H and O–H groups in total. The molecule has 1 aromatic heterocycles. The Labute approximate surface area is 161 Å². The number of rotatable bonds is 4. The zero-order valence-electron chi connectivity index (χ0n) is 12.3. The molecule has 1 heterocycles. The maximum absolute atomic E-state index is 5.87. The predicted octanol–water partition coefficient (Wildman–Crippen LogP) is 6.86. The van der Waals surface area contributed by atoms with Crippen LogP contribution in [-0.4, -0.2) is 6.21 Å². The molecule has 116 valence electrons. The molecule has 2 aromatic carbocycles. The monoisotopic (exact) mass is 497 g/mol. The van der Waals surface area contributed by atoms with E-state index >= 15 is 0 Å². The van der Waals surface area contributed by atoms with Crippen LogP contribution in [0.15, 0.2) is 78.5 Å². The van der Waals surface area contributed by atoms with Crippen LogP contribution in [0.1, 0.15) is 11.3 Å². The van der Waals surface area contributed by atoms with Gasteiger partial charge in [-0.1, -0.05) is 35.5 Å². The van der Waals surface area contributed by atoms with Crippen molar-refractivity contribution in [2.24, 2.45) is 4.99 Å². The van der Waals surface area contributed by atoms with Gasteiger partial charge >= 0.3 is 0 Å². The van der Waals surface area contributed by atoms with E-state index in [9.17, 15) is 0 Å². The van der Waals surface area contributed by atoms with Crippen molar-refractivity contribution in [3.63, 3.8) is 0 Å². The number of nitrogens with zero attached hydrogens (tertiary/aromatic N) is 1. The van der Waals surface area contributed by atoms with E-state index < -0.39 is 0 Å². The van der Waals surface area contributed by atoms with E-state index in [1.54, 1.807) is 18.0 Å². The van der Waals surface area contributed by atoms with Crippen LogP contribution in [0.3, 0.4) is 0 Å². The zero-order chi connectivity index (χ0) is 16.2. The summed E-state index contributed by atoms with van der Waals surface area (Å²) in [5, 5.41) is 0.831. The fourth-order valence-corrected chi connectivity index (χ4v) is 3.77. The summed E-state index contributed by atoms with van der Waals surface area (Å²) in [5.41, 5.74) is 2.16. The second-order valence-corrected chi connectivity index (χ2v) is 8.08. The number of aliphatic imine (C=N–C) groups is 1. The van der Waals surface area contributed by atoms with Gasteiger partial charge < -0.3 is 4.42 Å². The normalized spacial score (nSPS) is 11.3. The van der Waals surface area contributed by atoms with Gasteiger partial charge in [-0.15, -0.1) is 0 Å². The van der Waals surface area contributed by atoms with E-state index in [1.807, 2.05) is 30.3 Å². The summed E-state index contributed by atoms with van der Waals surface area (Å²) < 4.78 is 7.96. The van der Waals surface area contributed by atoms with Crippen molar-refractivity contribution in [1.29, 1.82) is 0 Å². The van der Waals surface area contributed by atoms with Gasteiger partial charge in [0, 0.05) is 14.5 Å². The lowest BCUT2D eigenvalue weighted by atomic mass is 10.2. The first-order valence-electron chi connectivity index (χ1n) is 6.94. The van der Waals surface area contributed by atoms with Crippen molar-refractivity contribution in [3.8, 4) is 0 Å². The molecule has 0 atom stereocenters. The summed E-state index contributed by atoms with van der Waals surface area (Å²) in [6.45, 7) is 2.08. The molecule has 3 rings (SSSR count). The Bertz CT molecular complexity index is 842. The first-order chi connectivity index (χ1) is 11.1. The highest BCUT2D eigenvalue weighted by atomic mass is 127. The Balaban J connectivity index is 1.76. The molecule has 2 nitrogen and oxygen atoms in total. The average Bonchev–Trinajstić information content (AvgIpc) is 2.88. The second kappa shape index (κ2) is 7.68. The molecule has 3 aromatic rings. The van der Waals surface area contributed by atoms with E-state index in [-0.39, 0.29) is 0 Å². The summed E-state index contributed by atoms with van der Waals surface area (Å²) >= 11 is 7.42. The maximum atomic E-state index is 5.87. The number of halogens is 2. The molecule has 0 fully saturated rings. The smallest absolute Gasteiger partial charge is 0.179 e. The summed E-state index contributed by atoms with van der Waals surface area (Å²) in [6.07, 6.45) is 1.75. The molecule has 0 aliphatic rings. The van der Waals surface area contributed by atoms with Crippen molar-refractivity contribution in [1.82, 2.24) is 0 Å². The number of hydrogen-bond acceptors (Lipinski definition) is 3. The zero-order valence-corrected chi connectivity index (χ0v) is 16.9. The Morgan fingerprint density at radius 3 is 2.65 bits per heavy atom. The van der Waals surface area contributed by atoms with E-state index in [4.69, 9.17) is 4.42 Å². The van der Waals surface area contributed by atoms with Gasteiger partial charge in [0.2, 0.25) is 0 Å². The third-order valence-corrected chi connectivity index (χ3v) is 5.57. The minimum absolute atomic E-state index is 0.727. The number of furan rings is 1. The highest BCUT2D eigenvalue weighted by Crippen LogP contribution is 2.35. The molecular weight excluding hydrogens is 485 g/mol. The fraction of sp³-hybridized carbons (Fsp3) is 0.0556. The number of hydrogen-bond donors (Lipinski definition) is 0. The topological polar surface area (TPSA) is 25.5 Å². The van der Waals surface area contributed by atoms with Crippen molar-refractivity contribution in [3.05, 3.63) is 74.0 Å². The van der Waals surface area contributed by atoms with Gasteiger partial charge in [0.1, 0.15) is 5.76 Å². The lowest BCUT2D eigenvalue weighted by molar-refractivity contribution is 0.466. The Morgan fingerprint density at radius 1 is 1.13 bits per heavy atom. The van der Waals surface area contributed by atoms with Crippen molar-refractivity contribution in [2.45, 2.75) is 16.9 Å². The molecule has 0 saturated heterocycles. The van der Waals surface area contributed by atoms with E-state index in [0.717, 1.165) is 29.5 Å². The van der Waals surface area contributed by atoms with E-state index in [1.165, 1.54) is 5.56 Å². The lowest BCUT2D eigenvalue weighted by Gasteiger charge is -1.99. The molecule has 5 heteroatoms. The summed E-state index contributed by atoms with van der Waals surface area (Å²) in [6, 6.07) is 18.3. The van der Waals surface area contributed by atoms with Gasteiger partial charge in [-0.3, -0.25) is 4.99 Å². The number of aryl methyl sites for hydroxylation is 1. The van der Waals surface area contributed by atoms with Crippen LogP contribution in [-0.2, 0) is 0 Å². The molecule has 0 aliphatic carbocycles. The quantitative estimate of drug-likeness (QED) is 0.290. The molecule has 0 radical (unpaired) electrons.